The lowest BCUT2D eigenvalue weighted by molar-refractivity contribution is -0.113. The van der Waals surface area contributed by atoms with E-state index in [1.807, 2.05) is 48.5 Å². The van der Waals surface area contributed by atoms with Crippen molar-refractivity contribution in [3.8, 4) is 0 Å². The second kappa shape index (κ2) is 8.80. The number of thioether (sulfide) groups is 1. The molecule has 4 nitrogen and oxygen atoms in total. The predicted molar refractivity (Wildman–Crippen MR) is 109 cm³/mol. The molecule has 0 aromatic heterocycles. The van der Waals surface area contributed by atoms with Gasteiger partial charge in [-0.1, -0.05) is 23.7 Å². The minimum Gasteiger partial charge on any atom is -0.372 e. The first-order valence-corrected chi connectivity index (χ1v) is 10.1. The van der Waals surface area contributed by atoms with Gasteiger partial charge in [-0.25, -0.2) is 0 Å². The zero-order valence-electron chi connectivity index (χ0n) is 14.9. The van der Waals surface area contributed by atoms with Crippen molar-refractivity contribution < 1.29 is 9.53 Å². The topological polar surface area (TPSA) is 41.6 Å². The van der Waals surface area contributed by atoms with Gasteiger partial charge in [-0.15, -0.1) is 11.8 Å². The summed E-state index contributed by atoms with van der Waals surface area (Å²) >= 11 is 7.55. The van der Waals surface area contributed by atoms with E-state index < -0.39 is 0 Å². The smallest absolute Gasteiger partial charge is 0.234 e. The highest BCUT2D eigenvalue weighted by Crippen LogP contribution is 2.27. The second-order valence-corrected chi connectivity index (χ2v) is 7.90. The van der Waals surface area contributed by atoms with Gasteiger partial charge in [-0.05, 0) is 50.2 Å². The van der Waals surface area contributed by atoms with Crippen LogP contribution in [-0.4, -0.2) is 37.0 Å². The summed E-state index contributed by atoms with van der Waals surface area (Å²) < 4.78 is 5.78. The molecule has 0 bridgehead atoms. The third-order valence-corrected chi connectivity index (χ3v) is 5.65. The number of hydrogen-bond donors (Lipinski definition) is 1. The van der Waals surface area contributed by atoms with Crippen molar-refractivity contribution in [2.24, 2.45) is 0 Å². The summed E-state index contributed by atoms with van der Waals surface area (Å²) in [4.78, 5) is 15.4. The quantitative estimate of drug-likeness (QED) is 0.752. The molecule has 1 aliphatic rings. The number of benzene rings is 2. The Morgan fingerprint density at radius 2 is 1.81 bits per heavy atom. The molecule has 1 aliphatic heterocycles. The Kier molecular flexibility index (Phi) is 6.46. The second-order valence-electron chi connectivity index (χ2n) is 6.48. The van der Waals surface area contributed by atoms with Gasteiger partial charge in [0.2, 0.25) is 5.91 Å². The molecule has 6 heteroatoms. The number of ether oxygens (including phenoxy) is 1. The Morgan fingerprint density at radius 3 is 2.46 bits per heavy atom. The number of morpholine rings is 1. The third kappa shape index (κ3) is 5.16. The van der Waals surface area contributed by atoms with Crippen LogP contribution in [0.5, 0.6) is 0 Å². The van der Waals surface area contributed by atoms with E-state index in [0.29, 0.717) is 10.8 Å². The van der Waals surface area contributed by atoms with Gasteiger partial charge in [-0.3, -0.25) is 4.79 Å². The van der Waals surface area contributed by atoms with Crippen LogP contribution in [0.1, 0.15) is 13.8 Å². The molecule has 2 atom stereocenters. The molecule has 26 heavy (non-hydrogen) atoms. The maximum absolute atomic E-state index is 12.2. The van der Waals surface area contributed by atoms with Crippen LogP contribution in [0.15, 0.2) is 53.4 Å². The number of carbonyl (C=O) groups excluding carboxylic acids is 1. The van der Waals surface area contributed by atoms with Gasteiger partial charge in [-0.2, -0.15) is 0 Å². The van der Waals surface area contributed by atoms with Crippen molar-refractivity contribution in [1.82, 2.24) is 0 Å². The molecular weight excluding hydrogens is 368 g/mol. The lowest BCUT2D eigenvalue weighted by Crippen LogP contribution is -2.45. The first-order chi connectivity index (χ1) is 12.5. The summed E-state index contributed by atoms with van der Waals surface area (Å²) in [5.74, 6) is 0.278. The van der Waals surface area contributed by atoms with E-state index in [9.17, 15) is 4.79 Å². The highest BCUT2D eigenvalue weighted by atomic mass is 35.5. The summed E-state index contributed by atoms with van der Waals surface area (Å²) in [6.45, 7) is 5.94. The van der Waals surface area contributed by atoms with Crippen LogP contribution in [0.4, 0.5) is 11.4 Å². The number of amides is 1. The van der Waals surface area contributed by atoms with Crippen LogP contribution in [0, 0.1) is 0 Å². The Balaban J connectivity index is 1.54. The highest BCUT2D eigenvalue weighted by Gasteiger charge is 2.22. The fraction of sp³-hybridized carbons (Fsp3) is 0.350. The van der Waals surface area contributed by atoms with Crippen molar-refractivity contribution in [1.29, 1.82) is 0 Å². The zero-order valence-corrected chi connectivity index (χ0v) is 16.5. The Bertz CT molecular complexity index is 744. The molecule has 0 radical (unpaired) electrons. The van der Waals surface area contributed by atoms with Gasteiger partial charge in [0.15, 0.2) is 0 Å². The normalized spacial score (nSPS) is 20.0. The third-order valence-electron chi connectivity index (χ3n) is 4.13. The standard InChI is InChI=1S/C20H23ClN2O2S/c1-14-11-23(12-15(2)25-14)17-9-7-16(8-10-17)22-20(24)13-26-19-6-4-3-5-18(19)21/h3-10,14-15H,11-13H2,1-2H3,(H,22,24). The number of anilines is 2. The summed E-state index contributed by atoms with van der Waals surface area (Å²) in [6, 6.07) is 15.5. The maximum atomic E-state index is 12.2. The summed E-state index contributed by atoms with van der Waals surface area (Å²) in [6.07, 6.45) is 0.444. The van der Waals surface area contributed by atoms with E-state index in [1.165, 1.54) is 11.8 Å². The molecule has 2 aromatic rings. The molecule has 1 N–H and O–H groups in total. The van der Waals surface area contributed by atoms with E-state index in [-0.39, 0.29) is 18.1 Å². The predicted octanol–water partition coefficient (Wildman–Crippen LogP) is 4.68. The average Bonchev–Trinajstić information content (AvgIpc) is 2.61. The Hall–Kier alpha value is -1.69. The minimum atomic E-state index is -0.0451. The molecule has 1 saturated heterocycles. The summed E-state index contributed by atoms with van der Waals surface area (Å²) in [5.41, 5.74) is 1.95. The Morgan fingerprint density at radius 1 is 1.15 bits per heavy atom. The minimum absolute atomic E-state index is 0.0451. The lowest BCUT2D eigenvalue weighted by atomic mass is 10.2. The summed E-state index contributed by atoms with van der Waals surface area (Å²) in [5, 5.41) is 3.60. The SMILES string of the molecule is CC1CN(c2ccc(NC(=O)CSc3ccccc3Cl)cc2)CC(C)O1. The van der Waals surface area contributed by atoms with E-state index in [1.54, 1.807) is 0 Å². The molecule has 0 aliphatic carbocycles. The van der Waals surface area contributed by atoms with Crippen LogP contribution >= 0.6 is 23.4 Å². The number of nitrogens with zero attached hydrogens (tertiary/aromatic N) is 1. The van der Waals surface area contributed by atoms with Crippen molar-refractivity contribution in [3.05, 3.63) is 53.6 Å². The van der Waals surface area contributed by atoms with Gasteiger partial charge in [0.25, 0.3) is 0 Å². The van der Waals surface area contributed by atoms with Crippen molar-refractivity contribution in [2.45, 2.75) is 31.0 Å². The van der Waals surface area contributed by atoms with E-state index in [4.69, 9.17) is 16.3 Å². The lowest BCUT2D eigenvalue weighted by Gasteiger charge is -2.36. The van der Waals surface area contributed by atoms with Crippen LogP contribution in [0.2, 0.25) is 5.02 Å². The van der Waals surface area contributed by atoms with E-state index in [0.717, 1.165) is 29.4 Å². The highest BCUT2D eigenvalue weighted by molar-refractivity contribution is 8.00. The maximum Gasteiger partial charge on any atom is 0.234 e. The zero-order chi connectivity index (χ0) is 18.5. The molecule has 2 unspecified atom stereocenters. The first kappa shape index (κ1) is 19.1. The molecule has 0 spiro atoms. The van der Waals surface area contributed by atoms with Crippen LogP contribution in [0.25, 0.3) is 0 Å². The number of carbonyl (C=O) groups is 1. The molecule has 1 amide bonds. The first-order valence-electron chi connectivity index (χ1n) is 8.69. The van der Waals surface area contributed by atoms with Crippen molar-refractivity contribution in [3.63, 3.8) is 0 Å². The van der Waals surface area contributed by atoms with Crippen molar-refractivity contribution in [2.75, 3.05) is 29.1 Å². The average molecular weight is 391 g/mol. The number of hydrogen-bond acceptors (Lipinski definition) is 4. The monoisotopic (exact) mass is 390 g/mol. The molecular formula is C20H23ClN2O2S. The fourth-order valence-electron chi connectivity index (χ4n) is 3.05. The molecule has 138 valence electrons. The van der Waals surface area contributed by atoms with Gasteiger partial charge in [0, 0.05) is 29.4 Å². The molecule has 2 aromatic carbocycles. The van der Waals surface area contributed by atoms with Crippen LogP contribution < -0.4 is 10.2 Å². The largest absolute Gasteiger partial charge is 0.372 e. The number of nitrogens with one attached hydrogen (secondary N) is 1. The number of rotatable bonds is 5. The molecule has 1 fully saturated rings. The summed E-state index contributed by atoms with van der Waals surface area (Å²) in [7, 11) is 0. The van der Waals surface area contributed by atoms with Gasteiger partial charge < -0.3 is 15.0 Å². The molecule has 1 heterocycles. The van der Waals surface area contributed by atoms with E-state index >= 15 is 0 Å². The Labute approximate surface area is 163 Å². The molecule has 0 saturated carbocycles. The van der Waals surface area contributed by atoms with Gasteiger partial charge in [0.05, 0.1) is 23.0 Å². The van der Waals surface area contributed by atoms with Crippen molar-refractivity contribution >= 4 is 40.6 Å². The van der Waals surface area contributed by atoms with Gasteiger partial charge in [0.1, 0.15) is 0 Å². The van der Waals surface area contributed by atoms with E-state index in [2.05, 4.69) is 24.1 Å². The van der Waals surface area contributed by atoms with Crippen LogP contribution in [-0.2, 0) is 9.53 Å². The fourth-order valence-corrected chi connectivity index (χ4v) is 4.09. The number of halogens is 1. The van der Waals surface area contributed by atoms with Crippen LogP contribution in [0.3, 0.4) is 0 Å². The van der Waals surface area contributed by atoms with Gasteiger partial charge >= 0.3 is 0 Å². The molecule has 3 rings (SSSR count).